The minimum atomic E-state index is -3.28. The van der Waals surface area contributed by atoms with Crippen LogP contribution in [0.15, 0.2) is 32.7 Å². The Morgan fingerprint density at radius 1 is 1.43 bits per heavy atom. The van der Waals surface area contributed by atoms with E-state index in [1.165, 1.54) is 6.26 Å². The predicted molar refractivity (Wildman–Crippen MR) is 87.8 cm³/mol. The van der Waals surface area contributed by atoms with Gasteiger partial charge in [0, 0.05) is 28.9 Å². The van der Waals surface area contributed by atoms with Gasteiger partial charge in [-0.3, -0.25) is 4.99 Å². The number of nitrogens with zero attached hydrogens (tertiary/aromatic N) is 2. The van der Waals surface area contributed by atoms with Crippen molar-refractivity contribution in [1.82, 2.24) is 9.88 Å². The van der Waals surface area contributed by atoms with E-state index in [1.807, 2.05) is 23.6 Å². The predicted octanol–water partition coefficient (Wildman–Crippen LogP) is 2.12. The van der Waals surface area contributed by atoms with Gasteiger partial charge < -0.3 is 9.88 Å². The maximum Gasteiger partial charge on any atom is 0.177 e. The lowest BCUT2D eigenvalue weighted by molar-refractivity contribution is 0.602. The third kappa shape index (κ3) is 2.72. The summed E-state index contributed by atoms with van der Waals surface area (Å²) >= 11 is 3.44. The molecule has 0 bridgehead atoms. The van der Waals surface area contributed by atoms with Crippen molar-refractivity contribution in [3.63, 3.8) is 0 Å². The Labute approximate surface area is 132 Å². The van der Waals surface area contributed by atoms with E-state index in [-0.39, 0.29) is 0 Å². The molecule has 1 N–H and O–H groups in total. The molecular weight excluding hydrogens is 354 g/mol. The summed E-state index contributed by atoms with van der Waals surface area (Å²) in [7, 11) is -3.28. The molecule has 0 atom stereocenters. The van der Waals surface area contributed by atoms with Crippen LogP contribution in [-0.4, -0.2) is 38.2 Å². The Bertz CT molecular complexity index is 853. The molecule has 112 valence electrons. The summed E-state index contributed by atoms with van der Waals surface area (Å²) in [6, 6.07) is 3.86. The molecule has 1 aliphatic heterocycles. The number of nitrogens with one attached hydrogen (secondary N) is 1. The van der Waals surface area contributed by atoms with E-state index in [0.717, 1.165) is 39.9 Å². The van der Waals surface area contributed by atoms with E-state index < -0.39 is 9.84 Å². The second kappa shape index (κ2) is 5.14. The van der Waals surface area contributed by atoms with Gasteiger partial charge in [0.25, 0.3) is 0 Å². The molecule has 1 aliphatic rings. The van der Waals surface area contributed by atoms with Crippen LogP contribution in [-0.2, 0) is 16.4 Å². The molecule has 0 saturated heterocycles. The smallest absolute Gasteiger partial charge is 0.177 e. The van der Waals surface area contributed by atoms with Gasteiger partial charge in [0.2, 0.25) is 0 Å². The summed E-state index contributed by atoms with van der Waals surface area (Å²) in [5, 5.41) is 3.97. The molecule has 1 aromatic heterocycles. The van der Waals surface area contributed by atoms with Gasteiger partial charge in [0.1, 0.15) is 5.84 Å². The zero-order valence-electron chi connectivity index (χ0n) is 11.9. The molecule has 0 aliphatic carbocycles. The summed E-state index contributed by atoms with van der Waals surface area (Å²) in [4.78, 5) is 4.74. The lowest BCUT2D eigenvalue weighted by atomic mass is 10.2. The van der Waals surface area contributed by atoms with Crippen LogP contribution in [0.1, 0.15) is 5.56 Å². The molecular formula is C14H16BrN3O2S. The van der Waals surface area contributed by atoms with Gasteiger partial charge in [-0.05, 0) is 24.6 Å². The van der Waals surface area contributed by atoms with Gasteiger partial charge in [-0.25, -0.2) is 8.42 Å². The van der Waals surface area contributed by atoms with E-state index >= 15 is 0 Å². The molecule has 0 fully saturated rings. The fraction of sp³-hybridized carbons (Fsp3) is 0.357. The van der Waals surface area contributed by atoms with Gasteiger partial charge in [0.05, 0.1) is 23.5 Å². The average Bonchev–Trinajstić information content (AvgIpc) is 2.96. The molecule has 2 aromatic rings. The maximum absolute atomic E-state index is 12.0. The number of aliphatic imine (C=N–C) groups is 1. The normalized spacial score (nSPS) is 15.3. The first-order chi connectivity index (χ1) is 9.86. The van der Waals surface area contributed by atoms with Crippen molar-refractivity contribution in [2.24, 2.45) is 4.99 Å². The second-order valence-electron chi connectivity index (χ2n) is 5.27. The van der Waals surface area contributed by atoms with E-state index in [1.54, 1.807) is 6.20 Å². The van der Waals surface area contributed by atoms with Gasteiger partial charge in [-0.2, -0.15) is 0 Å². The third-order valence-electron chi connectivity index (χ3n) is 3.55. The molecule has 0 amide bonds. The molecule has 0 saturated carbocycles. The van der Waals surface area contributed by atoms with Crippen molar-refractivity contribution in [2.45, 2.75) is 18.4 Å². The van der Waals surface area contributed by atoms with Crippen LogP contribution in [0.25, 0.3) is 10.9 Å². The standard InChI is InChI=1S/C14H16BrN3O2S/c1-9-5-10(15)6-11-12(21(2,19)20)7-18(14(9)11)8-13-16-3-4-17-13/h5-7H,3-4,8H2,1-2H3,(H,16,17). The lowest BCUT2D eigenvalue weighted by Gasteiger charge is -2.08. The van der Waals surface area contributed by atoms with Crippen LogP contribution < -0.4 is 5.32 Å². The Hall–Kier alpha value is -1.34. The first-order valence-corrected chi connectivity index (χ1v) is 9.31. The number of aryl methyl sites for hydroxylation is 1. The fourth-order valence-electron chi connectivity index (χ4n) is 2.71. The van der Waals surface area contributed by atoms with Crippen LogP contribution in [0.3, 0.4) is 0 Å². The second-order valence-corrected chi connectivity index (χ2v) is 8.17. The van der Waals surface area contributed by atoms with Crippen molar-refractivity contribution in [3.05, 3.63) is 28.4 Å². The summed E-state index contributed by atoms with van der Waals surface area (Å²) in [5.74, 6) is 0.897. The molecule has 0 radical (unpaired) electrons. The van der Waals surface area contributed by atoms with Crippen molar-refractivity contribution < 1.29 is 8.42 Å². The van der Waals surface area contributed by atoms with Crippen LogP contribution in [0.4, 0.5) is 0 Å². The molecule has 0 unspecified atom stereocenters. The quantitative estimate of drug-likeness (QED) is 0.900. The van der Waals surface area contributed by atoms with Crippen molar-refractivity contribution >= 4 is 42.5 Å². The Morgan fingerprint density at radius 3 is 2.81 bits per heavy atom. The van der Waals surface area contributed by atoms with Crippen molar-refractivity contribution in [3.8, 4) is 0 Å². The van der Waals surface area contributed by atoms with Crippen molar-refractivity contribution in [2.75, 3.05) is 19.3 Å². The first-order valence-electron chi connectivity index (χ1n) is 6.62. The maximum atomic E-state index is 12.0. The molecule has 0 spiro atoms. The van der Waals surface area contributed by atoms with Gasteiger partial charge in [-0.15, -0.1) is 0 Å². The molecule has 3 rings (SSSR count). The molecule has 7 heteroatoms. The molecule has 1 aromatic carbocycles. The monoisotopic (exact) mass is 369 g/mol. The summed E-state index contributed by atoms with van der Waals surface area (Å²) in [6.07, 6.45) is 2.95. The SMILES string of the molecule is Cc1cc(Br)cc2c(S(C)(=O)=O)cn(CC3=NCCN3)c12. The number of benzene rings is 1. The van der Waals surface area contributed by atoms with E-state index in [9.17, 15) is 8.42 Å². The summed E-state index contributed by atoms with van der Waals surface area (Å²) in [5.41, 5.74) is 1.97. The van der Waals surface area contributed by atoms with E-state index in [4.69, 9.17) is 0 Å². The molecule has 21 heavy (non-hydrogen) atoms. The molecule has 2 heterocycles. The number of amidine groups is 1. The number of sulfone groups is 1. The number of fused-ring (bicyclic) bond motifs is 1. The highest BCUT2D eigenvalue weighted by Crippen LogP contribution is 2.31. The number of hydrogen-bond acceptors (Lipinski definition) is 4. The Balaban J connectivity index is 2.25. The minimum absolute atomic E-state index is 0.362. The number of hydrogen-bond donors (Lipinski definition) is 1. The Morgan fingerprint density at radius 2 is 2.19 bits per heavy atom. The number of rotatable bonds is 3. The average molecular weight is 370 g/mol. The Kier molecular flexibility index (Phi) is 3.57. The minimum Gasteiger partial charge on any atom is -0.370 e. The van der Waals surface area contributed by atoms with Crippen LogP contribution in [0.5, 0.6) is 0 Å². The van der Waals surface area contributed by atoms with Gasteiger partial charge in [0.15, 0.2) is 9.84 Å². The van der Waals surface area contributed by atoms with Crippen LogP contribution in [0.2, 0.25) is 0 Å². The zero-order chi connectivity index (χ0) is 15.2. The zero-order valence-corrected chi connectivity index (χ0v) is 14.3. The number of halogens is 1. The van der Waals surface area contributed by atoms with Crippen LogP contribution >= 0.6 is 15.9 Å². The summed E-state index contributed by atoms with van der Waals surface area (Å²) < 4.78 is 26.9. The van der Waals surface area contributed by atoms with Gasteiger partial charge in [-0.1, -0.05) is 15.9 Å². The first kappa shape index (κ1) is 14.6. The van der Waals surface area contributed by atoms with Crippen LogP contribution in [0, 0.1) is 6.92 Å². The topological polar surface area (TPSA) is 63.5 Å². The molecule has 5 nitrogen and oxygen atoms in total. The van der Waals surface area contributed by atoms with E-state index in [2.05, 4.69) is 26.2 Å². The highest BCUT2D eigenvalue weighted by molar-refractivity contribution is 9.10. The van der Waals surface area contributed by atoms with Gasteiger partial charge >= 0.3 is 0 Å². The highest BCUT2D eigenvalue weighted by Gasteiger charge is 2.19. The number of aromatic nitrogens is 1. The largest absolute Gasteiger partial charge is 0.370 e. The fourth-order valence-corrected chi connectivity index (χ4v) is 4.16. The highest BCUT2D eigenvalue weighted by atomic mass is 79.9. The summed E-state index contributed by atoms with van der Waals surface area (Å²) in [6.45, 7) is 4.17. The van der Waals surface area contributed by atoms with E-state index in [0.29, 0.717) is 11.4 Å². The lowest BCUT2D eigenvalue weighted by Crippen LogP contribution is -2.23. The van der Waals surface area contributed by atoms with Crippen molar-refractivity contribution in [1.29, 1.82) is 0 Å². The third-order valence-corrected chi connectivity index (χ3v) is 5.14.